The molecule has 0 heterocycles. The van der Waals surface area contributed by atoms with E-state index in [4.69, 9.17) is 5.11 Å². The van der Waals surface area contributed by atoms with Crippen LogP contribution in [0.1, 0.15) is 87.9 Å². The molecule has 1 aromatic rings. The molecule has 1 aromatic carbocycles. The highest BCUT2D eigenvalue weighted by molar-refractivity contribution is 5.92. The number of benzene rings is 1. The lowest BCUT2D eigenvalue weighted by Crippen LogP contribution is -2.11. The number of hydrogen-bond acceptors (Lipinski definition) is 2. The molecule has 0 spiro atoms. The second kappa shape index (κ2) is 12.6. The van der Waals surface area contributed by atoms with Gasteiger partial charge in [-0.1, -0.05) is 64.7 Å². The maximum absolute atomic E-state index is 11.8. The van der Waals surface area contributed by atoms with Gasteiger partial charge in [0.15, 0.2) is 0 Å². The van der Waals surface area contributed by atoms with E-state index in [2.05, 4.69) is 12.2 Å². The van der Waals surface area contributed by atoms with E-state index in [-0.39, 0.29) is 11.5 Å². The van der Waals surface area contributed by atoms with Crippen LogP contribution in [-0.4, -0.2) is 17.0 Å². The van der Waals surface area contributed by atoms with E-state index < -0.39 is 5.97 Å². The van der Waals surface area contributed by atoms with Crippen molar-refractivity contribution < 1.29 is 14.7 Å². The molecule has 0 bridgehead atoms. The Morgan fingerprint density at radius 1 is 0.833 bits per heavy atom. The zero-order valence-corrected chi connectivity index (χ0v) is 14.9. The topological polar surface area (TPSA) is 66.4 Å². The summed E-state index contributed by atoms with van der Waals surface area (Å²) < 4.78 is 0. The number of rotatable bonds is 13. The molecule has 1 rings (SSSR count). The summed E-state index contributed by atoms with van der Waals surface area (Å²) >= 11 is 0. The van der Waals surface area contributed by atoms with E-state index in [1.54, 1.807) is 12.1 Å². The van der Waals surface area contributed by atoms with Crippen LogP contribution in [0, 0.1) is 0 Å². The van der Waals surface area contributed by atoms with E-state index in [0.717, 1.165) is 12.8 Å². The van der Waals surface area contributed by atoms with Crippen molar-refractivity contribution in [3.63, 3.8) is 0 Å². The van der Waals surface area contributed by atoms with Crippen LogP contribution < -0.4 is 5.32 Å². The molecule has 0 saturated carbocycles. The van der Waals surface area contributed by atoms with Gasteiger partial charge in [-0.15, -0.1) is 0 Å². The van der Waals surface area contributed by atoms with Gasteiger partial charge in [-0.05, 0) is 30.7 Å². The average molecular weight is 333 g/mol. The summed E-state index contributed by atoms with van der Waals surface area (Å²) in [4.78, 5) is 22.6. The molecular formula is C20H31NO3. The number of nitrogens with one attached hydrogen (secondary N) is 1. The highest BCUT2D eigenvalue weighted by Gasteiger charge is 2.05. The number of carboxylic acids is 1. The fourth-order valence-electron chi connectivity index (χ4n) is 2.69. The minimum atomic E-state index is -0.960. The number of aromatic carboxylic acids is 1. The molecule has 0 unspecified atom stereocenters. The largest absolute Gasteiger partial charge is 0.478 e. The Hall–Kier alpha value is -1.84. The summed E-state index contributed by atoms with van der Waals surface area (Å²) in [5.41, 5.74) is 0.875. The Labute approximate surface area is 145 Å². The lowest BCUT2D eigenvalue weighted by molar-refractivity contribution is -0.116. The van der Waals surface area contributed by atoms with Gasteiger partial charge in [0.05, 0.1) is 5.56 Å². The van der Waals surface area contributed by atoms with Gasteiger partial charge < -0.3 is 10.4 Å². The first-order chi connectivity index (χ1) is 11.6. The molecule has 0 aliphatic carbocycles. The summed E-state index contributed by atoms with van der Waals surface area (Å²) in [6, 6.07) is 6.25. The molecule has 134 valence electrons. The van der Waals surface area contributed by atoms with Crippen molar-refractivity contribution in [3.05, 3.63) is 29.8 Å². The number of carbonyl (C=O) groups excluding carboxylic acids is 1. The first-order valence-corrected chi connectivity index (χ1v) is 9.26. The van der Waals surface area contributed by atoms with E-state index in [1.807, 2.05) is 0 Å². The molecule has 1 amide bonds. The van der Waals surface area contributed by atoms with E-state index >= 15 is 0 Å². The summed E-state index contributed by atoms with van der Waals surface area (Å²) in [5.74, 6) is -0.962. The molecule has 2 N–H and O–H groups in total. The van der Waals surface area contributed by atoms with Gasteiger partial charge in [0, 0.05) is 12.1 Å². The third kappa shape index (κ3) is 9.33. The first kappa shape index (κ1) is 20.2. The van der Waals surface area contributed by atoms with Crippen molar-refractivity contribution in [2.45, 2.75) is 77.6 Å². The van der Waals surface area contributed by atoms with Gasteiger partial charge in [0.25, 0.3) is 0 Å². The maximum Gasteiger partial charge on any atom is 0.335 e. The highest BCUT2D eigenvalue weighted by atomic mass is 16.4. The third-order valence-electron chi connectivity index (χ3n) is 4.17. The Morgan fingerprint density at radius 3 is 1.83 bits per heavy atom. The fraction of sp³-hybridized carbons (Fsp3) is 0.600. The number of anilines is 1. The first-order valence-electron chi connectivity index (χ1n) is 9.26. The van der Waals surface area contributed by atoms with Crippen LogP contribution in [0.4, 0.5) is 5.69 Å². The fourth-order valence-corrected chi connectivity index (χ4v) is 2.69. The molecule has 0 fully saturated rings. The van der Waals surface area contributed by atoms with Crippen molar-refractivity contribution in [3.8, 4) is 0 Å². The van der Waals surface area contributed by atoms with Crippen LogP contribution in [0.15, 0.2) is 24.3 Å². The van der Waals surface area contributed by atoms with Crippen LogP contribution in [-0.2, 0) is 4.79 Å². The van der Waals surface area contributed by atoms with Crippen LogP contribution in [0.5, 0.6) is 0 Å². The minimum Gasteiger partial charge on any atom is -0.478 e. The third-order valence-corrected chi connectivity index (χ3v) is 4.17. The number of amides is 1. The van der Waals surface area contributed by atoms with E-state index in [1.165, 1.54) is 63.5 Å². The second-order valence-corrected chi connectivity index (χ2v) is 6.36. The number of carbonyl (C=O) groups is 2. The second-order valence-electron chi connectivity index (χ2n) is 6.36. The molecule has 0 aromatic heterocycles. The van der Waals surface area contributed by atoms with Crippen LogP contribution in [0.3, 0.4) is 0 Å². The molecular weight excluding hydrogens is 302 g/mol. The van der Waals surface area contributed by atoms with Crippen molar-refractivity contribution in [2.75, 3.05) is 5.32 Å². The van der Waals surface area contributed by atoms with Crippen LogP contribution in [0.25, 0.3) is 0 Å². The average Bonchev–Trinajstić information content (AvgIpc) is 2.57. The SMILES string of the molecule is CCCCCCCCCCCCC(=O)Nc1ccc(C(=O)O)cc1. The van der Waals surface area contributed by atoms with Crippen LogP contribution in [0.2, 0.25) is 0 Å². The van der Waals surface area contributed by atoms with Crippen LogP contribution >= 0.6 is 0 Å². The van der Waals surface area contributed by atoms with Gasteiger partial charge >= 0.3 is 5.97 Å². The molecule has 0 saturated heterocycles. The van der Waals surface area contributed by atoms with Gasteiger partial charge in [0.2, 0.25) is 5.91 Å². The van der Waals surface area contributed by atoms with Crippen molar-refractivity contribution >= 4 is 17.6 Å². The molecule has 24 heavy (non-hydrogen) atoms. The summed E-state index contributed by atoms with van der Waals surface area (Å²) in [5, 5.41) is 11.6. The lowest BCUT2D eigenvalue weighted by atomic mass is 10.1. The highest BCUT2D eigenvalue weighted by Crippen LogP contribution is 2.13. The number of hydrogen-bond donors (Lipinski definition) is 2. The quantitative estimate of drug-likeness (QED) is 0.459. The van der Waals surface area contributed by atoms with Crippen molar-refractivity contribution in [1.29, 1.82) is 0 Å². The summed E-state index contributed by atoms with van der Waals surface area (Å²) in [7, 11) is 0. The molecule has 4 heteroatoms. The molecule has 0 aliphatic heterocycles. The molecule has 0 radical (unpaired) electrons. The smallest absolute Gasteiger partial charge is 0.335 e. The minimum absolute atomic E-state index is 0.00218. The Morgan fingerprint density at radius 2 is 1.33 bits per heavy atom. The number of unbranched alkanes of at least 4 members (excludes halogenated alkanes) is 9. The van der Waals surface area contributed by atoms with E-state index in [0.29, 0.717) is 12.1 Å². The monoisotopic (exact) mass is 333 g/mol. The maximum atomic E-state index is 11.8. The summed E-state index contributed by atoms with van der Waals surface area (Å²) in [6.45, 7) is 2.24. The van der Waals surface area contributed by atoms with Gasteiger partial charge in [-0.2, -0.15) is 0 Å². The van der Waals surface area contributed by atoms with Gasteiger partial charge in [-0.25, -0.2) is 4.79 Å². The Bertz CT molecular complexity index is 482. The predicted octanol–water partition coefficient (Wildman–Crippen LogP) is 5.63. The van der Waals surface area contributed by atoms with E-state index in [9.17, 15) is 9.59 Å². The van der Waals surface area contributed by atoms with Crippen molar-refractivity contribution in [1.82, 2.24) is 0 Å². The molecule has 0 aliphatic rings. The standard InChI is InChI=1S/C20H31NO3/c1-2-3-4-5-6-7-8-9-10-11-12-19(22)21-18-15-13-17(14-16-18)20(23)24/h13-16H,2-12H2,1H3,(H,21,22)(H,23,24). The molecule has 4 nitrogen and oxygen atoms in total. The lowest BCUT2D eigenvalue weighted by Gasteiger charge is -2.06. The summed E-state index contributed by atoms with van der Waals surface area (Å²) in [6.07, 6.45) is 13.0. The molecule has 0 atom stereocenters. The Balaban J connectivity index is 2.03. The zero-order chi connectivity index (χ0) is 17.6. The van der Waals surface area contributed by atoms with Gasteiger partial charge in [-0.3, -0.25) is 4.79 Å². The van der Waals surface area contributed by atoms with Crippen molar-refractivity contribution in [2.24, 2.45) is 0 Å². The number of carboxylic acid groups (broad SMARTS) is 1. The normalized spacial score (nSPS) is 10.5. The van der Waals surface area contributed by atoms with Gasteiger partial charge in [0.1, 0.15) is 0 Å². The zero-order valence-electron chi connectivity index (χ0n) is 14.9. The predicted molar refractivity (Wildman–Crippen MR) is 98.5 cm³/mol. The Kier molecular flexibility index (Phi) is 10.6.